The molecule has 3 heteroatoms. The Balaban J connectivity index is 1.51. The standard InChI is InChI=1S/C24H35N3/c1-5-9-23-21(4)19-27(24(23)6-2)13-8-12-25-14-16-26(17-15-25)22-11-7-10-20(3)18-22/h6-7,9-11,18-19H,5,8,12-17H2,1-4H3/b23-9-,24-6+. The molecule has 0 saturated carbocycles. The maximum absolute atomic E-state index is 2.62. The lowest BCUT2D eigenvalue weighted by molar-refractivity contribution is 0.250. The summed E-state index contributed by atoms with van der Waals surface area (Å²) < 4.78 is 2.44. The molecule has 0 unspecified atom stereocenters. The van der Waals surface area contributed by atoms with E-state index < -0.39 is 0 Å². The van der Waals surface area contributed by atoms with Gasteiger partial charge in [0, 0.05) is 50.0 Å². The van der Waals surface area contributed by atoms with Crippen LogP contribution in [-0.4, -0.2) is 42.2 Å². The predicted molar refractivity (Wildman–Crippen MR) is 118 cm³/mol. The molecule has 0 bridgehead atoms. The van der Waals surface area contributed by atoms with Crippen LogP contribution < -0.4 is 15.5 Å². The molecule has 0 N–H and O–H groups in total. The Kier molecular flexibility index (Phi) is 6.78. The molecule has 3 nitrogen and oxygen atoms in total. The van der Waals surface area contributed by atoms with Gasteiger partial charge in [-0.1, -0.05) is 31.2 Å². The Morgan fingerprint density at radius 1 is 1.04 bits per heavy atom. The van der Waals surface area contributed by atoms with Gasteiger partial charge in [-0.05, 0) is 68.6 Å². The summed E-state index contributed by atoms with van der Waals surface area (Å²) in [7, 11) is 0. The van der Waals surface area contributed by atoms with E-state index in [1.807, 2.05) is 0 Å². The van der Waals surface area contributed by atoms with Crippen molar-refractivity contribution in [2.24, 2.45) is 0 Å². The minimum atomic E-state index is 1.09. The van der Waals surface area contributed by atoms with Crippen LogP contribution in [0.25, 0.3) is 12.2 Å². The second kappa shape index (κ2) is 9.27. The molecule has 1 fully saturated rings. The van der Waals surface area contributed by atoms with Crippen molar-refractivity contribution in [3.05, 3.63) is 52.2 Å². The van der Waals surface area contributed by atoms with Gasteiger partial charge in [-0.2, -0.15) is 0 Å². The van der Waals surface area contributed by atoms with Crippen LogP contribution in [0.3, 0.4) is 0 Å². The van der Waals surface area contributed by atoms with Crippen LogP contribution in [0.15, 0.2) is 30.5 Å². The summed E-state index contributed by atoms with van der Waals surface area (Å²) in [6.07, 6.45) is 9.25. The van der Waals surface area contributed by atoms with E-state index in [0.717, 1.165) is 26.1 Å². The van der Waals surface area contributed by atoms with Crippen LogP contribution >= 0.6 is 0 Å². The lowest BCUT2D eigenvalue weighted by Gasteiger charge is -2.36. The van der Waals surface area contributed by atoms with Gasteiger partial charge in [-0.25, -0.2) is 0 Å². The summed E-state index contributed by atoms with van der Waals surface area (Å²) in [5, 5.41) is 2.81. The Labute approximate surface area is 164 Å². The first-order valence-electron chi connectivity index (χ1n) is 10.5. The van der Waals surface area contributed by atoms with Crippen molar-refractivity contribution in [2.45, 2.75) is 47.1 Å². The van der Waals surface area contributed by atoms with E-state index in [-0.39, 0.29) is 0 Å². The number of hydrogen-bond acceptors (Lipinski definition) is 2. The highest BCUT2D eigenvalue weighted by Crippen LogP contribution is 2.17. The molecule has 1 aliphatic heterocycles. The van der Waals surface area contributed by atoms with Gasteiger partial charge >= 0.3 is 0 Å². The minimum absolute atomic E-state index is 1.09. The third kappa shape index (κ3) is 4.84. The van der Waals surface area contributed by atoms with Gasteiger partial charge in [-0.3, -0.25) is 4.90 Å². The largest absolute Gasteiger partial charge is 0.369 e. The Morgan fingerprint density at radius 3 is 2.48 bits per heavy atom. The summed E-state index contributed by atoms with van der Waals surface area (Å²) in [4.78, 5) is 5.15. The smallest absolute Gasteiger partial charge is 0.0436 e. The number of anilines is 1. The zero-order valence-electron chi connectivity index (χ0n) is 17.5. The highest BCUT2D eigenvalue weighted by molar-refractivity contribution is 5.48. The van der Waals surface area contributed by atoms with E-state index >= 15 is 0 Å². The molecule has 0 radical (unpaired) electrons. The normalized spacial score (nSPS) is 17.1. The molecule has 0 aliphatic carbocycles. The van der Waals surface area contributed by atoms with Crippen LogP contribution in [0, 0.1) is 13.8 Å². The molecule has 27 heavy (non-hydrogen) atoms. The van der Waals surface area contributed by atoms with Gasteiger partial charge in [0.2, 0.25) is 0 Å². The number of benzene rings is 1. The Bertz CT molecular complexity index is 854. The summed E-state index contributed by atoms with van der Waals surface area (Å²) in [5.41, 5.74) is 4.12. The predicted octanol–water partition coefficient (Wildman–Crippen LogP) is 3.31. The van der Waals surface area contributed by atoms with E-state index in [0.29, 0.717) is 0 Å². The van der Waals surface area contributed by atoms with E-state index in [1.54, 1.807) is 0 Å². The van der Waals surface area contributed by atoms with Crippen LogP contribution in [0.1, 0.15) is 37.8 Å². The van der Waals surface area contributed by atoms with Gasteiger partial charge in [0.25, 0.3) is 0 Å². The maximum atomic E-state index is 2.62. The highest BCUT2D eigenvalue weighted by Gasteiger charge is 2.16. The van der Waals surface area contributed by atoms with E-state index in [1.165, 1.54) is 53.4 Å². The SMILES string of the molecule is C/C=c1\c(=C/CC)c(C)cn1CCCN1CCN(c2cccc(C)c2)CC1. The molecule has 146 valence electrons. The number of rotatable bonds is 6. The molecule has 2 aromatic rings. The van der Waals surface area contributed by atoms with Gasteiger partial charge in [0.15, 0.2) is 0 Å². The number of hydrogen-bond donors (Lipinski definition) is 0. The quantitative estimate of drug-likeness (QED) is 0.778. The lowest BCUT2D eigenvalue weighted by Crippen LogP contribution is -2.46. The van der Waals surface area contributed by atoms with Crippen molar-refractivity contribution in [3.8, 4) is 0 Å². The molecular formula is C24H35N3. The summed E-state index contributed by atoms with van der Waals surface area (Å²) in [6.45, 7) is 15.7. The van der Waals surface area contributed by atoms with Gasteiger partial charge < -0.3 is 9.47 Å². The first-order valence-corrected chi connectivity index (χ1v) is 10.5. The molecule has 2 heterocycles. The van der Waals surface area contributed by atoms with Crippen molar-refractivity contribution in [1.82, 2.24) is 9.47 Å². The summed E-state index contributed by atoms with van der Waals surface area (Å²) in [6, 6.07) is 8.89. The van der Waals surface area contributed by atoms with Crippen LogP contribution in [0.2, 0.25) is 0 Å². The number of aromatic nitrogens is 1. The van der Waals surface area contributed by atoms with Crippen molar-refractivity contribution in [2.75, 3.05) is 37.6 Å². The molecule has 3 rings (SSSR count). The first kappa shape index (κ1) is 19.8. The molecule has 1 aromatic heterocycles. The summed E-state index contributed by atoms with van der Waals surface area (Å²) in [5.74, 6) is 0. The van der Waals surface area contributed by atoms with Crippen molar-refractivity contribution >= 4 is 17.8 Å². The molecule has 1 saturated heterocycles. The van der Waals surface area contributed by atoms with E-state index in [4.69, 9.17) is 0 Å². The molecule has 0 amide bonds. The average molecular weight is 366 g/mol. The third-order valence-corrected chi connectivity index (χ3v) is 5.65. The third-order valence-electron chi connectivity index (χ3n) is 5.65. The molecular weight excluding hydrogens is 330 g/mol. The minimum Gasteiger partial charge on any atom is -0.369 e. The van der Waals surface area contributed by atoms with Gasteiger partial charge in [-0.15, -0.1) is 0 Å². The van der Waals surface area contributed by atoms with Gasteiger partial charge in [0.05, 0.1) is 0 Å². The fourth-order valence-corrected chi connectivity index (χ4v) is 4.22. The maximum Gasteiger partial charge on any atom is 0.0436 e. The number of aryl methyl sites for hydroxylation is 3. The monoisotopic (exact) mass is 365 g/mol. The van der Waals surface area contributed by atoms with Gasteiger partial charge in [0.1, 0.15) is 0 Å². The Morgan fingerprint density at radius 2 is 1.81 bits per heavy atom. The molecule has 1 aromatic carbocycles. The molecule has 0 spiro atoms. The van der Waals surface area contributed by atoms with Crippen molar-refractivity contribution < 1.29 is 0 Å². The van der Waals surface area contributed by atoms with Crippen LogP contribution in [0.4, 0.5) is 5.69 Å². The van der Waals surface area contributed by atoms with E-state index in [2.05, 4.69) is 84.7 Å². The molecule has 0 atom stereocenters. The zero-order chi connectivity index (χ0) is 19.2. The van der Waals surface area contributed by atoms with E-state index in [9.17, 15) is 0 Å². The second-order valence-corrected chi connectivity index (χ2v) is 7.73. The average Bonchev–Trinajstić information content (AvgIpc) is 2.97. The van der Waals surface area contributed by atoms with Crippen LogP contribution in [-0.2, 0) is 6.54 Å². The topological polar surface area (TPSA) is 11.4 Å². The molecule has 1 aliphatic rings. The zero-order valence-corrected chi connectivity index (χ0v) is 17.5. The van der Waals surface area contributed by atoms with Crippen molar-refractivity contribution in [1.29, 1.82) is 0 Å². The first-order chi connectivity index (χ1) is 13.1. The highest BCUT2D eigenvalue weighted by atomic mass is 15.3. The number of piperazine rings is 1. The second-order valence-electron chi connectivity index (χ2n) is 7.73. The number of nitrogens with zero attached hydrogens (tertiary/aromatic N) is 3. The fraction of sp³-hybridized carbons (Fsp3) is 0.500. The Hall–Kier alpha value is -2.00. The van der Waals surface area contributed by atoms with Crippen LogP contribution in [0.5, 0.6) is 0 Å². The van der Waals surface area contributed by atoms with Crippen molar-refractivity contribution in [3.63, 3.8) is 0 Å². The fourth-order valence-electron chi connectivity index (χ4n) is 4.22. The lowest BCUT2D eigenvalue weighted by atomic mass is 10.2. The summed E-state index contributed by atoms with van der Waals surface area (Å²) >= 11 is 0.